The van der Waals surface area contributed by atoms with Crippen LogP contribution in [0.1, 0.15) is 48.1 Å². The summed E-state index contributed by atoms with van der Waals surface area (Å²) >= 11 is 1.48. The molecule has 23 heavy (non-hydrogen) atoms. The van der Waals surface area contributed by atoms with Crippen molar-refractivity contribution < 1.29 is 9.59 Å². The highest BCUT2D eigenvalue weighted by Crippen LogP contribution is 2.18. The predicted octanol–water partition coefficient (Wildman–Crippen LogP) is 3.53. The van der Waals surface area contributed by atoms with Crippen LogP contribution in [0, 0.1) is 0 Å². The summed E-state index contributed by atoms with van der Waals surface area (Å²) in [6.07, 6.45) is 2.18. The molecule has 0 radical (unpaired) electrons. The molecule has 1 atom stereocenters. The molecule has 2 N–H and O–H groups in total. The first-order valence-corrected chi connectivity index (χ1v) is 8.79. The molecule has 0 aliphatic heterocycles. The molecule has 1 aromatic carbocycles. The van der Waals surface area contributed by atoms with Gasteiger partial charge in [-0.25, -0.2) is 0 Å². The number of nitrogens with one attached hydrogen (secondary N) is 2. The van der Waals surface area contributed by atoms with Gasteiger partial charge in [-0.2, -0.15) is 11.3 Å². The Kier molecular flexibility index (Phi) is 6.81. The molecule has 1 aromatic heterocycles. The van der Waals surface area contributed by atoms with Crippen LogP contribution in [0.4, 0.5) is 0 Å². The summed E-state index contributed by atoms with van der Waals surface area (Å²) in [6, 6.07) is 11.8. The number of thiophene rings is 1. The first-order chi connectivity index (χ1) is 11.2. The van der Waals surface area contributed by atoms with Gasteiger partial charge in [-0.1, -0.05) is 43.7 Å². The lowest BCUT2D eigenvalue weighted by Crippen LogP contribution is -2.32. The smallest absolute Gasteiger partial charge is 0.252 e. The molecule has 4 nitrogen and oxygen atoms in total. The van der Waals surface area contributed by atoms with Crippen LogP contribution in [0.5, 0.6) is 0 Å². The lowest BCUT2D eigenvalue weighted by molar-refractivity contribution is -0.121. The fourth-order valence-corrected chi connectivity index (χ4v) is 2.98. The van der Waals surface area contributed by atoms with Crippen molar-refractivity contribution in [3.63, 3.8) is 0 Å². The van der Waals surface area contributed by atoms with Gasteiger partial charge in [0.05, 0.1) is 6.04 Å². The Balaban J connectivity index is 1.79. The fraction of sp³-hybridized carbons (Fsp3) is 0.333. The molecule has 0 fully saturated rings. The van der Waals surface area contributed by atoms with E-state index in [9.17, 15) is 9.59 Å². The average Bonchev–Trinajstić information content (AvgIpc) is 3.10. The molecule has 0 saturated carbocycles. The maximum atomic E-state index is 12.1. The zero-order chi connectivity index (χ0) is 16.5. The van der Waals surface area contributed by atoms with Gasteiger partial charge in [0, 0.05) is 23.9 Å². The van der Waals surface area contributed by atoms with Crippen molar-refractivity contribution in [2.45, 2.75) is 32.2 Å². The molecule has 2 rings (SSSR count). The maximum Gasteiger partial charge on any atom is 0.252 e. The van der Waals surface area contributed by atoms with Crippen molar-refractivity contribution in [1.82, 2.24) is 10.6 Å². The second kappa shape index (κ2) is 9.10. The lowest BCUT2D eigenvalue weighted by Gasteiger charge is -2.18. The number of hydrogen-bond acceptors (Lipinski definition) is 3. The zero-order valence-corrected chi connectivity index (χ0v) is 14.1. The molecule has 2 amide bonds. The molecule has 5 heteroatoms. The summed E-state index contributed by atoms with van der Waals surface area (Å²) in [6.45, 7) is 2.44. The number of amides is 2. The van der Waals surface area contributed by atoms with Crippen LogP contribution in [0.2, 0.25) is 0 Å². The third kappa shape index (κ3) is 5.53. The Morgan fingerprint density at radius 3 is 2.61 bits per heavy atom. The Hall–Kier alpha value is -2.14. The standard InChI is InChI=1S/C18H22N2O2S/c1-2-6-16(14-7-4-3-5-8-14)20-17(21)9-11-19-18(22)15-10-12-23-13-15/h3-5,7-8,10,12-13,16H,2,6,9,11H2,1H3,(H,19,22)(H,20,21). The summed E-state index contributed by atoms with van der Waals surface area (Å²) in [4.78, 5) is 23.9. The molecule has 0 aliphatic rings. The Morgan fingerprint density at radius 2 is 1.96 bits per heavy atom. The Morgan fingerprint density at radius 1 is 1.17 bits per heavy atom. The summed E-state index contributed by atoms with van der Waals surface area (Å²) < 4.78 is 0. The first-order valence-electron chi connectivity index (χ1n) is 7.85. The number of carbonyl (C=O) groups is 2. The molecular weight excluding hydrogens is 308 g/mol. The summed E-state index contributed by atoms with van der Waals surface area (Å²) in [7, 11) is 0. The lowest BCUT2D eigenvalue weighted by atomic mass is 10.0. The van der Waals surface area contributed by atoms with E-state index in [0.29, 0.717) is 12.1 Å². The Labute approximate surface area is 140 Å². The number of hydrogen-bond donors (Lipinski definition) is 2. The van der Waals surface area contributed by atoms with Crippen molar-refractivity contribution in [3.8, 4) is 0 Å². The van der Waals surface area contributed by atoms with E-state index < -0.39 is 0 Å². The van der Waals surface area contributed by atoms with E-state index in [4.69, 9.17) is 0 Å². The molecule has 0 aliphatic carbocycles. The highest BCUT2D eigenvalue weighted by molar-refractivity contribution is 7.08. The van der Waals surface area contributed by atoms with E-state index in [2.05, 4.69) is 17.6 Å². The molecule has 1 unspecified atom stereocenters. The van der Waals surface area contributed by atoms with Crippen LogP contribution < -0.4 is 10.6 Å². The van der Waals surface area contributed by atoms with E-state index in [1.165, 1.54) is 11.3 Å². The number of carbonyl (C=O) groups excluding carboxylic acids is 2. The quantitative estimate of drug-likeness (QED) is 0.778. The minimum Gasteiger partial charge on any atom is -0.351 e. The highest BCUT2D eigenvalue weighted by atomic mass is 32.1. The topological polar surface area (TPSA) is 58.2 Å². The highest BCUT2D eigenvalue weighted by Gasteiger charge is 2.13. The molecule has 122 valence electrons. The second-order valence-electron chi connectivity index (χ2n) is 5.34. The number of rotatable bonds is 8. The maximum absolute atomic E-state index is 12.1. The monoisotopic (exact) mass is 330 g/mol. The average molecular weight is 330 g/mol. The van der Waals surface area contributed by atoms with Crippen LogP contribution in [0.3, 0.4) is 0 Å². The predicted molar refractivity (Wildman–Crippen MR) is 93.5 cm³/mol. The van der Waals surface area contributed by atoms with Crippen LogP contribution in [-0.4, -0.2) is 18.4 Å². The van der Waals surface area contributed by atoms with Crippen molar-refractivity contribution in [1.29, 1.82) is 0 Å². The third-order valence-electron chi connectivity index (χ3n) is 3.54. The molecule has 0 bridgehead atoms. The summed E-state index contributed by atoms with van der Waals surface area (Å²) in [5, 5.41) is 9.47. The van der Waals surface area contributed by atoms with Crippen LogP contribution in [0.25, 0.3) is 0 Å². The van der Waals surface area contributed by atoms with Crippen molar-refractivity contribution >= 4 is 23.2 Å². The molecule has 0 saturated heterocycles. The van der Waals surface area contributed by atoms with Gasteiger partial charge in [0.25, 0.3) is 5.91 Å². The van der Waals surface area contributed by atoms with E-state index in [1.54, 1.807) is 11.4 Å². The Bertz CT molecular complexity index is 611. The van der Waals surface area contributed by atoms with Crippen LogP contribution in [-0.2, 0) is 4.79 Å². The van der Waals surface area contributed by atoms with Gasteiger partial charge < -0.3 is 10.6 Å². The van der Waals surface area contributed by atoms with Crippen LogP contribution >= 0.6 is 11.3 Å². The minimum atomic E-state index is -0.132. The summed E-state index contributed by atoms with van der Waals surface area (Å²) in [5.41, 5.74) is 1.76. The van der Waals surface area contributed by atoms with Gasteiger partial charge in [0.1, 0.15) is 0 Å². The van der Waals surface area contributed by atoms with Gasteiger partial charge in [-0.3, -0.25) is 9.59 Å². The third-order valence-corrected chi connectivity index (χ3v) is 4.22. The first kappa shape index (κ1) is 17.2. The van der Waals surface area contributed by atoms with E-state index >= 15 is 0 Å². The zero-order valence-electron chi connectivity index (χ0n) is 13.2. The minimum absolute atomic E-state index is 0.0290. The van der Waals surface area contributed by atoms with Gasteiger partial charge >= 0.3 is 0 Å². The largest absolute Gasteiger partial charge is 0.351 e. The normalized spacial score (nSPS) is 11.7. The van der Waals surface area contributed by atoms with Gasteiger partial charge in [0.15, 0.2) is 0 Å². The van der Waals surface area contributed by atoms with Crippen LogP contribution in [0.15, 0.2) is 47.2 Å². The van der Waals surface area contributed by atoms with E-state index in [1.807, 2.05) is 35.7 Å². The van der Waals surface area contributed by atoms with Crippen molar-refractivity contribution in [3.05, 3.63) is 58.3 Å². The SMILES string of the molecule is CCCC(NC(=O)CCNC(=O)c1ccsc1)c1ccccc1. The van der Waals surface area contributed by atoms with E-state index in [0.717, 1.165) is 18.4 Å². The van der Waals surface area contributed by atoms with Gasteiger partial charge in [0.2, 0.25) is 5.91 Å². The van der Waals surface area contributed by atoms with E-state index in [-0.39, 0.29) is 24.3 Å². The summed E-state index contributed by atoms with van der Waals surface area (Å²) in [5.74, 6) is -0.176. The van der Waals surface area contributed by atoms with Crippen molar-refractivity contribution in [2.75, 3.05) is 6.54 Å². The molecular formula is C18H22N2O2S. The molecule has 0 spiro atoms. The van der Waals surface area contributed by atoms with Gasteiger partial charge in [-0.05, 0) is 23.4 Å². The van der Waals surface area contributed by atoms with Crippen molar-refractivity contribution in [2.24, 2.45) is 0 Å². The number of benzene rings is 1. The fourth-order valence-electron chi connectivity index (χ4n) is 2.35. The second-order valence-corrected chi connectivity index (χ2v) is 6.12. The molecule has 2 aromatic rings. The van der Waals surface area contributed by atoms with Gasteiger partial charge in [-0.15, -0.1) is 0 Å². The molecule has 1 heterocycles.